The predicted octanol–water partition coefficient (Wildman–Crippen LogP) is 3.65. The third kappa shape index (κ3) is 3.67. The molecule has 10 heteroatoms. The van der Waals surface area contributed by atoms with Gasteiger partial charge in [-0.25, -0.2) is 0 Å². The van der Waals surface area contributed by atoms with Crippen LogP contribution in [0, 0.1) is 12.8 Å². The molecule has 0 spiro atoms. The van der Waals surface area contributed by atoms with Crippen molar-refractivity contribution in [1.29, 1.82) is 0 Å². The molecule has 1 amide bonds. The van der Waals surface area contributed by atoms with E-state index in [0.717, 1.165) is 29.6 Å². The van der Waals surface area contributed by atoms with Crippen LogP contribution >= 0.6 is 0 Å². The Morgan fingerprint density at radius 3 is 2.59 bits per heavy atom. The molecule has 2 aromatic heterocycles. The van der Waals surface area contributed by atoms with Gasteiger partial charge in [0.2, 0.25) is 5.91 Å². The van der Waals surface area contributed by atoms with Crippen molar-refractivity contribution in [3.63, 3.8) is 0 Å². The van der Waals surface area contributed by atoms with Gasteiger partial charge < -0.3 is 9.80 Å². The highest BCUT2D eigenvalue weighted by molar-refractivity contribution is 5.96. The fourth-order valence-corrected chi connectivity index (χ4v) is 4.66. The molecule has 0 atom stereocenters. The van der Waals surface area contributed by atoms with E-state index >= 15 is 0 Å². The summed E-state index contributed by atoms with van der Waals surface area (Å²) in [5.74, 6) is -0.690. The van der Waals surface area contributed by atoms with Crippen molar-refractivity contribution in [3.8, 4) is 0 Å². The first-order valence-corrected chi connectivity index (χ1v) is 10.8. The Balaban J connectivity index is 1.30. The SMILES string of the molecule is Cc1ccc2c(c1)CCCN2C(=O)C1CCN(c2ccc3nnc(C(F)(F)F)n3n2)CC1. The van der Waals surface area contributed by atoms with Crippen molar-refractivity contribution >= 4 is 23.1 Å². The van der Waals surface area contributed by atoms with Gasteiger partial charge in [0.15, 0.2) is 5.65 Å². The first-order chi connectivity index (χ1) is 15.3. The first kappa shape index (κ1) is 20.7. The summed E-state index contributed by atoms with van der Waals surface area (Å²) in [5, 5.41) is 10.9. The summed E-state index contributed by atoms with van der Waals surface area (Å²) >= 11 is 0. The van der Waals surface area contributed by atoms with Gasteiger partial charge in [0.05, 0.1) is 0 Å². The van der Waals surface area contributed by atoms with Crippen LogP contribution in [0.1, 0.15) is 36.2 Å². The number of nitrogens with zero attached hydrogens (tertiary/aromatic N) is 6. The Morgan fingerprint density at radius 2 is 1.84 bits per heavy atom. The summed E-state index contributed by atoms with van der Waals surface area (Å²) in [4.78, 5) is 17.1. The number of aryl methyl sites for hydroxylation is 2. The van der Waals surface area contributed by atoms with Gasteiger partial charge in [0, 0.05) is 31.2 Å². The Kier molecular flexibility index (Phi) is 5.02. The van der Waals surface area contributed by atoms with E-state index in [0.29, 0.717) is 31.7 Å². The minimum atomic E-state index is -4.63. The summed E-state index contributed by atoms with van der Waals surface area (Å²) in [6.07, 6.45) is -1.44. The molecule has 4 heterocycles. The van der Waals surface area contributed by atoms with Crippen LogP contribution in [0.15, 0.2) is 30.3 Å². The summed E-state index contributed by atoms with van der Waals surface area (Å²) < 4.78 is 40.2. The lowest BCUT2D eigenvalue weighted by molar-refractivity contribution is -0.146. The molecule has 0 N–H and O–H groups in total. The van der Waals surface area contributed by atoms with Crippen molar-refractivity contribution in [2.75, 3.05) is 29.4 Å². The average Bonchev–Trinajstić information content (AvgIpc) is 3.22. The zero-order valence-electron chi connectivity index (χ0n) is 17.6. The Labute approximate surface area is 182 Å². The van der Waals surface area contributed by atoms with Crippen molar-refractivity contribution in [2.24, 2.45) is 5.92 Å². The van der Waals surface area contributed by atoms with Gasteiger partial charge in [0.1, 0.15) is 5.82 Å². The average molecular weight is 444 g/mol. The molecule has 0 radical (unpaired) electrons. The van der Waals surface area contributed by atoms with Crippen LogP contribution < -0.4 is 9.80 Å². The number of alkyl halides is 3. The van der Waals surface area contributed by atoms with E-state index in [9.17, 15) is 18.0 Å². The highest BCUT2D eigenvalue weighted by Crippen LogP contribution is 2.32. The minimum absolute atomic E-state index is 0.0464. The van der Waals surface area contributed by atoms with Crippen molar-refractivity contribution in [1.82, 2.24) is 19.8 Å². The Bertz CT molecular complexity index is 1170. The topological polar surface area (TPSA) is 66.6 Å². The first-order valence-electron chi connectivity index (χ1n) is 10.8. The second-order valence-electron chi connectivity index (χ2n) is 8.47. The molecule has 0 aliphatic carbocycles. The molecule has 3 aromatic rings. The fraction of sp³-hybridized carbons (Fsp3) is 0.455. The van der Waals surface area contributed by atoms with Crippen molar-refractivity contribution in [3.05, 3.63) is 47.3 Å². The maximum absolute atomic E-state index is 13.3. The van der Waals surface area contributed by atoms with Crippen LogP contribution in [-0.4, -0.2) is 45.4 Å². The highest BCUT2D eigenvalue weighted by atomic mass is 19.4. The number of carbonyl (C=O) groups is 1. The molecule has 32 heavy (non-hydrogen) atoms. The molecule has 168 valence electrons. The summed E-state index contributed by atoms with van der Waals surface area (Å²) in [6, 6.07) is 9.35. The lowest BCUT2D eigenvalue weighted by Crippen LogP contribution is -2.44. The van der Waals surface area contributed by atoms with Gasteiger partial charge in [-0.3, -0.25) is 4.79 Å². The number of aromatic nitrogens is 4. The van der Waals surface area contributed by atoms with E-state index in [1.807, 2.05) is 21.9 Å². The van der Waals surface area contributed by atoms with Crippen LogP contribution in [0.2, 0.25) is 0 Å². The Hall–Kier alpha value is -3.17. The molecule has 2 aliphatic heterocycles. The van der Waals surface area contributed by atoms with Crippen molar-refractivity contribution < 1.29 is 18.0 Å². The van der Waals surface area contributed by atoms with Crippen LogP contribution in [-0.2, 0) is 17.4 Å². The number of benzene rings is 1. The Morgan fingerprint density at radius 1 is 1.06 bits per heavy atom. The number of piperidine rings is 1. The van der Waals surface area contributed by atoms with Crippen LogP contribution in [0.5, 0.6) is 0 Å². The molecular formula is C22H23F3N6O. The zero-order chi connectivity index (χ0) is 22.5. The number of rotatable bonds is 2. The van der Waals surface area contributed by atoms with E-state index in [2.05, 4.69) is 28.3 Å². The van der Waals surface area contributed by atoms with Crippen LogP contribution in [0.4, 0.5) is 24.7 Å². The maximum atomic E-state index is 13.3. The highest BCUT2D eigenvalue weighted by Gasteiger charge is 2.38. The van der Waals surface area contributed by atoms with Gasteiger partial charge in [-0.2, -0.15) is 17.7 Å². The van der Waals surface area contributed by atoms with Crippen molar-refractivity contribution in [2.45, 2.75) is 38.8 Å². The smallest absolute Gasteiger partial charge is 0.355 e. The molecule has 1 saturated heterocycles. The van der Waals surface area contributed by atoms with Gasteiger partial charge in [-0.05, 0) is 56.4 Å². The molecule has 0 unspecified atom stereocenters. The second-order valence-corrected chi connectivity index (χ2v) is 8.47. The van der Waals surface area contributed by atoms with E-state index < -0.39 is 12.0 Å². The molecular weight excluding hydrogens is 421 g/mol. The molecule has 7 nitrogen and oxygen atoms in total. The van der Waals surface area contributed by atoms with Gasteiger partial charge in [-0.1, -0.05) is 17.7 Å². The number of hydrogen-bond acceptors (Lipinski definition) is 5. The van der Waals surface area contributed by atoms with Gasteiger partial charge in [-0.15, -0.1) is 15.3 Å². The molecule has 1 fully saturated rings. The fourth-order valence-electron chi connectivity index (χ4n) is 4.66. The molecule has 5 rings (SSSR count). The maximum Gasteiger partial charge on any atom is 0.453 e. The quantitative estimate of drug-likeness (QED) is 0.604. The summed E-state index contributed by atoms with van der Waals surface area (Å²) in [5.41, 5.74) is 3.46. The number of fused-ring (bicyclic) bond motifs is 2. The lowest BCUT2D eigenvalue weighted by atomic mass is 9.92. The van der Waals surface area contributed by atoms with Crippen LogP contribution in [0.25, 0.3) is 5.65 Å². The van der Waals surface area contributed by atoms with E-state index in [1.165, 1.54) is 17.2 Å². The number of anilines is 2. The minimum Gasteiger partial charge on any atom is -0.355 e. The monoisotopic (exact) mass is 444 g/mol. The second kappa shape index (κ2) is 7.75. The number of hydrogen-bond donors (Lipinski definition) is 0. The normalized spacial score (nSPS) is 17.6. The van der Waals surface area contributed by atoms with Gasteiger partial charge in [0.25, 0.3) is 5.82 Å². The summed E-state index contributed by atoms with van der Waals surface area (Å²) in [6.45, 7) is 3.88. The largest absolute Gasteiger partial charge is 0.453 e. The van der Waals surface area contributed by atoms with E-state index in [4.69, 9.17) is 0 Å². The van der Waals surface area contributed by atoms with E-state index in [-0.39, 0.29) is 17.5 Å². The third-order valence-corrected chi connectivity index (χ3v) is 6.29. The van der Waals surface area contributed by atoms with E-state index in [1.54, 1.807) is 6.07 Å². The summed E-state index contributed by atoms with van der Waals surface area (Å²) in [7, 11) is 0. The molecule has 1 aromatic carbocycles. The number of carbonyl (C=O) groups excluding carboxylic acids is 1. The third-order valence-electron chi connectivity index (χ3n) is 6.29. The zero-order valence-corrected chi connectivity index (χ0v) is 17.6. The number of amides is 1. The standard InChI is InChI=1S/C22H23F3N6O/c1-14-4-5-17-16(13-14)3-2-10-30(17)20(32)15-8-11-29(12-9-15)19-7-6-18-26-27-21(22(23,24)25)31(18)28-19/h4-7,13,15H,2-3,8-12H2,1H3. The van der Waals surface area contributed by atoms with Crippen LogP contribution in [0.3, 0.4) is 0 Å². The lowest BCUT2D eigenvalue weighted by Gasteiger charge is -2.36. The molecule has 0 bridgehead atoms. The predicted molar refractivity (Wildman–Crippen MR) is 113 cm³/mol. The number of halogens is 3. The molecule has 2 aliphatic rings. The molecule has 0 saturated carbocycles. The van der Waals surface area contributed by atoms with Gasteiger partial charge >= 0.3 is 6.18 Å².